The molecule has 0 rings (SSSR count). The van der Waals surface area contributed by atoms with Gasteiger partial charge in [-0.2, -0.15) is 0 Å². The second-order valence-electron chi connectivity index (χ2n) is 11.0. The number of aliphatic hydroxyl groups excluding tert-OH is 1. The number of phosphoric ester groups is 1. The van der Waals surface area contributed by atoms with Crippen molar-refractivity contribution < 1.29 is 32.8 Å². The molecule has 0 aliphatic carbocycles. The maximum atomic E-state index is 11.7. The zero-order chi connectivity index (χ0) is 26.3. The SMILES string of the molecule is CCCCCCCCCCCCCCCCCCCOC[C@@H](O)COP(=O)([O-])OCC[N+](C)(C)C. The molecule has 212 valence electrons. The molecule has 0 fully saturated rings. The standard InChI is InChI=1S/C27H58NO6P/c1-5-6-7-8-9-10-11-12-13-14-15-16-17-18-19-20-21-23-32-25-27(29)26-34-35(30,31)33-24-22-28(2,3)4/h27,29H,5-26H2,1-4H3/t27-/m1/s1. The number of phosphoric acid groups is 1. The van der Waals surface area contributed by atoms with Crippen molar-refractivity contribution in [2.75, 3.05) is 54.1 Å². The van der Waals surface area contributed by atoms with E-state index in [0.717, 1.165) is 12.8 Å². The number of rotatable bonds is 27. The molecule has 0 amide bonds. The van der Waals surface area contributed by atoms with Gasteiger partial charge in [-0.05, 0) is 6.42 Å². The molecule has 0 saturated carbocycles. The fourth-order valence-electron chi connectivity index (χ4n) is 3.84. The highest BCUT2D eigenvalue weighted by atomic mass is 31.2. The Morgan fingerprint density at radius 3 is 1.54 bits per heavy atom. The van der Waals surface area contributed by atoms with Crippen LogP contribution in [0.1, 0.15) is 116 Å². The van der Waals surface area contributed by atoms with Gasteiger partial charge in [-0.25, -0.2) is 0 Å². The van der Waals surface area contributed by atoms with Crippen molar-refractivity contribution in [1.29, 1.82) is 0 Å². The van der Waals surface area contributed by atoms with E-state index in [1.807, 2.05) is 21.1 Å². The normalized spacial score (nSPS) is 14.8. The Bertz CT molecular complexity index is 501. The molecule has 0 spiro atoms. The molecule has 0 heterocycles. The smallest absolute Gasteiger partial charge is 0.268 e. The molecule has 1 N–H and O–H groups in total. The van der Waals surface area contributed by atoms with Gasteiger partial charge in [0.25, 0.3) is 7.82 Å². The molecule has 0 bridgehead atoms. The molecule has 0 aromatic rings. The Kier molecular flexibility index (Phi) is 23.1. The number of likely N-dealkylation sites (N-methyl/N-ethyl adjacent to an activating group) is 1. The fraction of sp³-hybridized carbons (Fsp3) is 1.00. The second kappa shape index (κ2) is 23.1. The summed E-state index contributed by atoms with van der Waals surface area (Å²) >= 11 is 0. The zero-order valence-corrected chi connectivity index (χ0v) is 24.4. The highest BCUT2D eigenvalue weighted by Crippen LogP contribution is 2.38. The molecule has 0 aliphatic rings. The number of aliphatic hydroxyl groups is 1. The van der Waals surface area contributed by atoms with E-state index < -0.39 is 13.9 Å². The Hall–Kier alpha value is -0.0100. The molecular weight excluding hydrogens is 465 g/mol. The van der Waals surface area contributed by atoms with Gasteiger partial charge in [-0.3, -0.25) is 4.57 Å². The highest BCUT2D eigenvalue weighted by Gasteiger charge is 2.15. The molecule has 1 unspecified atom stereocenters. The van der Waals surface area contributed by atoms with Gasteiger partial charge in [0, 0.05) is 6.61 Å². The van der Waals surface area contributed by atoms with Crippen LogP contribution in [0, 0.1) is 0 Å². The third-order valence-electron chi connectivity index (χ3n) is 6.14. The Balaban J connectivity index is 3.35. The van der Waals surface area contributed by atoms with E-state index in [4.69, 9.17) is 13.8 Å². The van der Waals surface area contributed by atoms with Crippen molar-refractivity contribution in [3.63, 3.8) is 0 Å². The first-order valence-electron chi connectivity index (χ1n) is 14.3. The van der Waals surface area contributed by atoms with Crippen molar-refractivity contribution in [2.45, 2.75) is 122 Å². The van der Waals surface area contributed by atoms with Crippen LogP contribution in [0.3, 0.4) is 0 Å². The fourth-order valence-corrected chi connectivity index (χ4v) is 4.57. The van der Waals surface area contributed by atoms with Gasteiger partial charge in [-0.15, -0.1) is 0 Å². The van der Waals surface area contributed by atoms with Crippen molar-refractivity contribution in [3.8, 4) is 0 Å². The summed E-state index contributed by atoms with van der Waals surface area (Å²) in [6, 6.07) is 0. The zero-order valence-electron chi connectivity index (χ0n) is 23.5. The van der Waals surface area contributed by atoms with E-state index in [-0.39, 0.29) is 19.8 Å². The molecule has 35 heavy (non-hydrogen) atoms. The van der Waals surface area contributed by atoms with Crippen LogP contribution in [-0.2, 0) is 18.3 Å². The lowest BCUT2D eigenvalue weighted by molar-refractivity contribution is -0.870. The quantitative estimate of drug-likeness (QED) is 0.0781. The van der Waals surface area contributed by atoms with Gasteiger partial charge in [0.05, 0.1) is 34.4 Å². The molecular formula is C27H58NO6P. The van der Waals surface area contributed by atoms with Crippen molar-refractivity contribution in [3.05, 3.63) is 0 Å². The Morgan fingerprint density at radius 2 is 1.11 bits per heavy atom. The monoisotopic (exact) mass is 523 g/mol. The van der Waals surface area contributed by atoms with E-state index >= 15 is 0 Å². The van der Waals surface area contributed by atoms with Gasteiger partial charge >= 0.3 is 0 Å². The van der Waals surface area contributed by atoms with Crippen LogP contribution in [0.4, 0.5) is 0 Å². The van der Waals surface area contributed by atoms with E-state index in [2.05, 4.69) is 6.92 Å². The number of nitrogens with zero attached hydrogens (tertiary/aromatic N) is 1. The summed E-state index contributed by atoms with van der Waals surface area (Å²) in [5, 5.41) is 9.84. The molecule has 0 saturated heterocycles. The minimum Gasteiger partial charge on any atom is -0.756 e. The summed E-state index contributed by atoms with van der Waals surface area (Å²) < 4.78 is 27.3. The summed E-state index contributed by atoms with van der Waals surface area (Å²) in [5.74, 6) is 0. The lowest BCUT2D eigenvalue weighted by Crippen LogP contribution is -2.37. The van der Waals surface area contributed by atoms with Gasteiger partial charge in [0.1, 0.15) is 19.3 Å². The average Bonchev–Trinajstić information content (AvgIpc) is 2.78. The molecule has 0 aliphatic heterocycles. The number of hydrogen-bond donors (Lipinski definition) is 1. The van der Waals surface area contributed by atoms with Gasteiger partial charge in [0.2, 0.25) is 0 Å². The van der Waals surface area contributed by atoms with E-state index in [1.165, 1.54) is 96.3 Å². The number of unbranched alkanes of at least 4 members (excludes halogenated alkanes) is 16. The van der Waals surface area contributed by atoms with Crippen molar-refractivity contribution >= 4 is 7.82 Å². The van der Waals surface area contributed by atoms with Crippen molar-refractivity contribution in [1.82, 2.24) is 0 Å². The third-order valence-corrected chi connectivity index (χ3v) is 7.10. The maximum Gasteiger partial charge on any atom is 0.268 e. The van der Waals surface area contributed by atoms with Gasteiger partial charge < -0.3 is 28.3 Å². The Morgan fingerprint density at radius 1 is 0.686 bits per heavy atom. The Labute approximate surface area is 217 Å². The predicted octanol–water partition coefficient (Wildman–Crippen LogP) is 6.22. The number of ether oxygens (including phenoxy) is 1. The van der Waals surface area contributed by atoms with Gasteiger partial charge in [-0.1, -0.05) is 110 Å². The first kappa shape index (κ1) is 35.0. The highest BCUT2D eigenvalue weighted by molar-refractivity contribution is 7.45. The lowest BCUT2D eigenvalue weighted by atomic mass is 10.0. The predicted molar refractivity (Wildman–Crippen MR) is 143 cm³/mol. The second-order valence-corrected chi connectivity index (χ2v) is 12.4. The minimum absolute atomic E-state index is 0.0518. The van der Waals surface area contributed by atoms with Crippen LogP contribution in [0.15, 0.2) is 0 Å². The molecule has 8 heteroatoms. The summed E-state index contributed by atoms with van der Waals surface area (Å²) in [7, 11) is 1.45. The molecule has 0 aromatic heterocycles. The van der Waals surface area contributed by atoms with Crippen LogP contribution < -0.4 is 4.89 Å². The van der Waals surface area contributed by atoms with Crippen LogP contribution in [0.5, 0.6) is 0 Å². The third kappa shape index (κ3) is 28.4. The summed E-state index contributed by atoms with van der Waals surface area (Å²) in [4.78, 5) is 11.7. The van der Waals surface area contributed by atoms with Crippen LogP contribution in [-0.4, -0.2) is 69.8 Å². The van der Waals surface area contributed by atoms with E-state index in [9.17, 15) is 14.6 Å². The number of quaternary nitrogens is 1. The van der Waals surface area contributed by atoms with E-state index in [0.29, 0.717) is 17.6 Å². The van der Waals surface area contributed by atoms with E-state index in [1.54, 1.807) is 0 Å². The van der Waals surface area contributed by atoms with Crippen molar-refractivity contribution in [2.24, 2.45) is 0 Å². The van der Waals surface area contributed by atoms with Crippen LogP contribution >= 0.6 is 7.82 Å². The molecule has 7 nitrogen and oxygen atoms in total. The summed E-state index contributed by atoms with van der Waals surface area (Å²) in [6.07, 6.45) is 21.7. The molecule has 0 radical (unpaired) electrons. The number of hydrogen-bond acceptors (Lipinski definition) is 6. The molecule has 0 aromatic carbocycles. The largest absolute Gasteiger partial charge is 0.756 e. The maximum absolute atomic E-state index is 11.7. The minimum atomic E-state index is -4.39. The first-order chi connectivity index (χ1) is 16.7. The summed E-state index contributed by atoms with van der Waals surface area (Å²) in [5.41, 5.74) is 0. The van der Waals surface area contributed by atoms with Gasteiger partial charge in [0.15, 0.2) is 0 Å². The average molecular weight is 524 g/mol. The van der Waals surface area contributed by atoms with Crippen LogP contribution in [0.2, 0.25) is 0 Å². The molecule has 2 atom stereocenters. The van der Waals surface area contributed by atoms with Crippen LogP contribution in [0.25, 0.3) is 0 Å². The topological polar surface area (TPSA) is 88.0 Å². The lowest BCUT2D eigenvalue weighted by Gasteiger charge is -2.27. The summed E-state index contributed by atoms with van der Waals surface area (Å²) in [6.45, 7) is 3.17. The first-order valence-corrected chi connectivity index (χ1v) is 15.8.